The van der Waals surface area contributed by atoms with Crippen molar-refractivity contribution in [2.45, 2.75) is 13.5 Å². The fraction of sp³-hybridized carbons (Fsp3) is 0.100. The number of nitriles is 1. The molecule has 2 aromatic carbocycles. The SMILES string of the molecule is Cc1nc(NC(=O)c2cccc(C#N)c2)sc1C(=O)NCc1ccccc1. The van der Waals surface area contributed by atoms with Crippen molar-refractivity contribution in [3.63, 3.8) is 0 Å². The van der Waals surface area contributed by atoms with Crippen LogP contribution in [0.2, 0.25) is 0 Å². The molecule has 0 saturated heterocycles. The smallest absolute Gasteiger partial charge is 0.263 e. The van der Waals surface area contributed by atoms with E-state index in [0.717, 1.165) is 16.9 Å². The van der Waals surface area contributed by atoms with Crippen molar-refractivity contribution >= 4 is 28.3 Å². The number of carbonyl (C=O) groups excluding carboxylic acids is 2. The zero-order valence-corrected chi connectivity index (χ0v) is 15.3. The van der Waals surface area contributed by atoms with Gasteiger partial charge in [0.05, 0.1) is 17.3 Å². The van der Waals surface area contributed by atoms with Crippen molar-refractivity contribution in [1.82, 2.24) is 10.3 Å². The van der Waals surface area contributed by atoms with Gasteiger partial charge < -0.3 is 5.32 Å². The predicted octanol–water partition coefficient (Wildman–Crippen LogP) is 3.51. The lowest BCUT2D eigenvalue weighted by atomic mass is 10.1. The number of hydrogen-bond acceptors (Lipinski definition) is 5. The number of thiazole rings is 1. The topological polar surface area (TPSA) is 94.9 Å². The summed E-state index contributed by atoms with van der Waals surface area (Å²) in [5.74, 6) is -0.613. The van der Waals surface area contributed by atoms with E-state index in [2.05, 4.69) is 15.6 Å². The Morgan fingerprint density at radius 3 is 2.63 bits per heavy atom. The van der Waals surface area contributed by atoms with Crippen LogP contribution in [0.25, 0.3) is 0 Å². The fourth-order valence-electron chi connectivity index (χ4n) is 2.42. The van der Waals surface area contributed by atoms with Crippen LogP contribution in [0.5, 0.6) is 0 Å². The third kappa shape index (κ3) is 4.57. The van der Waals surface area contributed by atoms with Crippen LogP contribution < -0.4 is 10.6 Å². The molecule has 0 saturated carbocycles. The Morgan fingerprint density at radius 2 is 1.89 bits per heavy atom. The minimum atomic E-state index is -0.378. The van der Waals surface area contributed by atoms with Crippen molar-refractivity contribution in [2.75, 3.05) is 5.32 Å². The zero-order chi connectivity index (χ0) is 19.2. The van der Waals surface area contributed by atoms with Crippen molar-refractivity contribution in [3.05, 3.63) is 81.9 Å². The highest BCUT2D eigenvalue weighted by Crippen LogP contribution is 2.23. The minimum absolute atomic E-state index is 0.235. The first-order valence-electron chi connectivity index (χ1n) is 8.18. The van der Waals surface area contributed by atoms with Gasteiger partial charge in [0.2, 0.25) is 0 Å². The molecule has 6 nitrogen and oxygen atoms in total. The molecule has 0 fully saturated rings. The number of benzene rings is 2. The molecule has 0 bridgehead atoms. The maximum Gasteiger partial charge on any atom is 0.263 e. The predicted molar refractivity (Wildman–Crippen MR) is 104 cm³/mol. The first kappa shape index (κ1) is 18.3. The number of rotatable bonds is 5. The Balaban J connectivity index is 1.67. The number of amides is 2. The van der Waals surface area contributed by atoms with Gasteiger partial charge >= 0.3 is 0 Å². The quantitative estimate of drug-likeness (QED) is 0.712. The van der Waals surface area contributed by atoms with Gasteiger partial charge in [-0.2, -0.15) is 5.26 Å². The Bertz CT molecular complexity index is 1020. The molecule has 2 amide bonds. The van der Waals surface area contributed by atoms with Gasteiger partial charge in [0, 0.05) is 12.1 Å². The average molecular weight is 376 g/mol. The highest BCUT2D eigenvalue weighted by molar-refractivity contribution is 7.17. The number of nitrogens with zero attached hydrogens (tertiary/aromatic N) is 2. The number of aromatic nitrogens is 1. The summed E-state index contributed by atoms with van der Waals surface area (Å²) in [5, 5.41) is 14.8. The second kappa shape index (κ2) is 8.25. The number of carbonyl (C=O) groups is 2. The van der Waals surface area contributed by atoms with E-state index in [-0.39, 0.29) is 11.8 Å². The summed E-state index contributed by atoms with van der Waals surface area (Å²) in [7, 11) is 0. The second-order valence-corrected chi connectivity index (χ2v) is 6.75. The van der Waals surface area contributed by atoms with Crippen LogP contribution in [0.4, 0.5) is 5.13 Å². The van der Waals surface area contributed by atoms with E-state index in [1.165, 1.54) is 6.07 Å². The van der Waals surface area contributed by atoms with Crippen molar-refractivity contribution in [1.29, 1.82) is 5.26 Å². The van der Waals surface area contributed by atoms with Crippen molar-refractivity contribution < 1.29 is 9.59 Å². The molecular weight excluding hydrogens is 360 g/mol. The molecule has 27 heavy (non-hydrogen) atoms. The molecule has 1 heterocycles. The lowest BCUT2D eigenvalue weighted by molar-refractivity contribution is 0.0953. The summed E-state index contributed by atoms with van der Waals surface area (Å²) in [4.78, 5) is 29.4. The van der Waals surface area contributed by atoms with E-state index in [9.17, 15) is 9.59 Å². The highest BCUT2D eigenvalue weighted by atomic mass is 32.1. The van der Waals surface area contributed by atoms with E-state index in [4.69, 9.17) is 5.26 Å². The molecule has 0 aliphatic carbocycles. The number of hydrogen-bond donors (Lipinski definition) is 2. The van der Waals surface area contributed by atoms with Gasteiger partial charge in [0.25, 0.3) is 11.8 Å². The van der Waals surface area contributed by atoms with E-state index < -0.39 is 0 Å². The van der Waals surface area contributed by atoms with Crippen molar-refractivity contribution in [3.8, 4) is 6.07 Å². The maximum absolute atomic E-state index is 12.4. The molecule has 0 radical (unpaired) electrons. The Labute approximate surface area is 160 Å². The van der Waals surface area contributed by atoms with Crippen LogP contribution in [0.3, 0.4) is 0 Å². The van der Waals surface area contributed by atoms with Gasteiger partial charge in [-0.05, 0) is 30.7 Å². The number of nitrogens with one attached hydrogen (secondary N) is 2. The normalized spacial score (nSPS) is 10.1. The first-order chi connectivity index (χ1) is 13.1. The van der Waals surface area contributed by atoms with E-state index in [1.54, 1.807) is 25.1 Å². The summed E-state index contributed by atoms with van der Waals surface area (Å²) in [5.41, 5.74) is 2.31. The Hall–Kier alpha value is -3.50. The van der Waals surface area contributed by atoms with Crippen LogP contribution in [0.15, 0.2) is 54.6 Å². The lowest BCUT2D eigenvalue weighted by Crippen LogP contribution is -2.22. The largest absolute Gasteiger partial charge is 0.347 e. The molecule has 2 N–H and O–H groups in total. The van der Waals surface area contributed by atoms with Gasteiger partial charge in [-0.25, -0.2) is 4.98 Å². The maximum atomic E-state index is 12.4. The van der Waals surface area contributed by atoms with Crippen LogP contribution in [-0.4, -0.2) is 16.8 Å². The summed E-state index contributed by atoms with van der Waals surface area (Å²) in [6.45, 7) is 2.14. The highest BCUT2D eigenvalue weighted by Gasteiger charge is 2.17. The molecule has 3 aromatic rings. The Kier molecular flexibility index (Phi) is 5.59. The molecule has 0 unspecified atom stereocenters. The molecule has 0 spiro atoms. The standard InChI is InChI=1S/C20H16N4O2S/c1-13-17(19(26)22-12-14-6-3-2-4-7-14)27-20(23-13)24-18(25)16-9-5-8-15(10-16)11-21/h2-10H,12H2,1H3,(H,22,26)(H,23,24,25). The molecule has 0 atom stereocenters. The minimum Gasteiger partial charge on any atom is -0.347 e. The van der Waals surface area contributed by atoms with E-state index in [0.29, 0.717) is 33.4 Å². The second-order valence-electron chi connectivity index (χ2n) is 5.75. The molecule has 1 aromatic heterocycles. The Morgan fingerprint density at radius 1 is 1.11 bits per heavy atom. The molecule has 7 heteroatoms. The zero-order valence-electron chi connectivity index (χ0n) is 14.5. The summed E-state index contributed by atoms with van der Waals surface area (Å²) >= 11 is 1.12. The van der Waals surface area contributed by atoms with Gasteiger partial charge in [-0.3, -0.25) is 14.9 Å². The first-order valence-corrected chi connectivity index (χ1v) is 8.99. The van der Waals surface area contributed by atoms with Crippen LogP contribution >= 0.6 is 11.3 Å². The molecule has 0 aliphatic heterocycles. The van der Waals surface area contributed by atoms with E-state index >= 15 is 0 Å². The number of anilines is 1. The summed E-state index contributed by atoms with van der Waals surface area (Å²) in [6, 6.07) is 18.0. The molecule has 134 valence electrons. The van der Waals surface area contributed by atoms with Crippen molar-refractivity contribution in [2.24, 2.45) is 0 Å². The van der Waals surface area contributed by atoms with Gasteiger partial charge in [0.15, 0.2) is 5.13 Å². The third-order valence-electron chi connectivity index (χ3n) is 3.77. The van der Waals surface area contributed by atoms with Crippen LogP contribution in [0.1, 0.15) is 36.9 Å². The monoisotopic (exact) mass is 376 g/mol. The summed E-state index contributed by atoms with van der Waals surface area (Å²) in [6.07, 6.45) is 0. The molecular formula is C20H16N4O2S. The molecule has 3 rings (SSSR count). The molecule has 0 aliphatic rings. The summed E-state index contributed by atoms with van der Waals surface area (Å²) < 4.78 is 0. The van der Waals surface area contributed by atoms with E-state index in [1.807, 2.05) is 36.4 Å². The van der Waals surface area contributed by atoms with Crippen LogP contribution in [0, 0.1) is 18.3 Å². The third-order valence-corrected chi connectivity index (χ3v) is 4.84. The van der Waals surface area contributed by atoms with Gasteiger partial charge in [-0.15, -0.1) is 0 Å². The average Bonchev–Trinajstić information content (AvgIpc) is 3.07. The fourth-order valence-corrected chi connectivity index (χ4v) is 3.30. The van der Waals surface area contributed by atoms with Gasteiger partial charge in [-0.1, -0.05) is 47.7 Å². The van der Waals surface area contributed by atoms with Crippen LogP contribution in [-0.2, 0) is 6.54 Å². The lowest BCUT2D eigenvalue weighted by Gasteiger charge is -2.04. The number of aryl methyl sites for hydroxylation is 1. The van der Waals surface area contributed by atoms with Gasteiger partial charge in [0.1, 0.15) is 4.88 Å².